The number of alkyl carbamates (subject to hydrolysis) is 1. The molecule has 0 unspecified atom stereocenters. The Hall–Kier alpha value is -2.57. The summed E-state index contributed by atoms with van der Waals surface area (Å²) in [5.74, 6) is -1.48. The zero-order chi connectivity index (χ0) is 17.5. The summed E-state index contributed by atoms with van der Waals surface area (Å²) in [5.41, 5.74) is 5.16. The molecule has 0 saturated carbocycles. The number of hydrogen-bond acceptors (Lipinski definition) is 5. The van der Waals surface area contributed by atoms with Crippen LogP contribution in [0.15, 0.2) is 30.3 Å². The van der Waals surface area contributed by atoms with Crippen molar-refractivity contribution >= 4 is 18.0 Å². The second kappa shape index (κ2) is 8.17. The standard InChI is InChI=1S/C16H22N2O5/c1-16(2,3)23-15(21)18-12(9-13(17)19)14(20)22-10-11-7-5-4-6-8-11/h4-8,12H,9-10H2,1-3H3,(H2,17,19)(H,18,21)/t12-/m1/s1. The number of carbonyl (C=O) groups excluding carboxylic acids is 3. The fourth-order valence-electron chi connectivity index (χ4n) is 1.67. The predicted octanol–water partition coefficient (Wildman–Crippen LogP) is 1.50. The van der Waals surface area contributed by atoms with Gasteiger partial charge in [0.15, 0.2) is 0 Å². The second-order valence-corrected chi connectivity index (χ2v) is 5.96. The van der Waals surface area contributed by atoms with Gasteiger partial charge in [0.05, 0.1) is 6.42 Å². The van der Waals surface area contributed by atoms with Gasteiger partial charge in [0.25, 0.3) is 0 Å². The summed E-state index contributed by atoms with van der Waals surface area (Å²) >= 11 is 0. The first-order chi connectivity index (χ1) is 10.7. The average molecular weight is 322 g/mol. The fourth-order valence-corrected chi connectivity index (χ4v) is 1.67. The maximum absolute atomic E-state index is 12.1. The van der Waals surface area contributed by atoms with E-state index in [9.17, 15) is 14.4 Å². The summed E-state index contributed by atoms with van der Waals surface area (Å²) in [6.45, 7) is 5.08. The molecular weight excluding hydrogens is 300 g/mol. The number of esters is 1. The van der Waals surface area contributed by atoms with Gasteiger partial charge in [-0.2, -0.15) is 0 Å². The van der Waals surface area contributed by atoms with E-state index in [0.29, 0.717) is 0 Å². The smallest absolute Gasteiger partial charge is 0.408 e. The summed E-state index contributed by atoms with van der Waals surface area (Å²) in [6.07, 6.45) is -1.19. The molecule has 0 bridgehead atoms. The van der Waals surface area contributed by atoms with E-state index >= 15 is 0 Å². The van der Waals surface area contributed by atoms with Gasteiger partial charge in [0.2, 0.25) is 5.91 Å². The third-order valence-corrected chi connectivity index (χ3v) is 2.60. The van der Waals surface area contributed by atoms with Crippen LogP contribution in [0.25, 0.3) is 0 Å². The minimum absolute atomic E-state index is 0.0327. The molecule has 0 heterocycles. The van der Waals surface area contributed by atoms with E-state index in [1.54, 1.807) is 32.9 Å². The van der Waals surface area contributed by atoms with E-state index < -0.39 is 29.6 Å². The van der Waals surface area contributed by atoms with Gasteiger partial charge in [-0.1, -0.05) is 30.3 Å². The highest BCUT2D eigenvalue weighted by Crippen LogP contribution is 2.08. The van der Waals surface area contributed by atoms with Crippen LogP contribution in [-0.4, -0.2) is 29.6 Å². The first kappa shape index (κ1) is 18.5. The van der Waals surface area contributed by atoms with Crippen LogP contribution in [0.1, 0.15) is 32.8 Å². The summed E-state index contributed by atoms with van der Waals surface area (Å²) in [6, 6.07) is 7.85. The summed E-state index contributed by atoms with van der Waals surface area (Å²) < 4.78 is 10.2. The van der Waals surface area contributed by atoms with Crippen molar-refractivity contribution in [2.45, 2.75) is 45.4 Å². The zero-order valence-corrected chi connectivity index (χ0v) is 13.5. The summed E-state index contributed by atoms with van der Waals surface area (Å²) in [4.78, 5) is 34.9. The first-order valence-electron chi connectivity index (χ1n) is 7.16. The van der Waals surface area contributed by atoms with E-state index in [1.165, 1.54) is 0 Å². The van der Waals surface area contributed by atoms with E-state index in [1.807, 2.05) is 18.2 Å². The third-order valence-electron chi connectivity index (χ3n) is 2.60. The molecule has 0 fully saturated rings. The Morgan fingerprint density at radius 2 is 1.78 bits per heavy atom. The van der Waals surface area contributed by atoms with Crippen LogP contribution in [0.3, 0.4) is 0 Å². The van der Waals surface area contributed by atoms with Gasteiger partial charge in [0, 0.05) is 0 Å². The molecule has 1 aromatic rings. The van der Waals surface area contributed by atoms with Crippen LogP contribution >= 0.6 is 0 Å². The van der Waals surface area contributed by atoms with Crippen molar-refractivity contribution in [1.29, 1.82) is 0 Å². The van der Waals surface area contributed by atoms with Crippen molar-refractivity contribution in [2.75, 3.05) is 0 Å². The van der Waals surface area contributed by atoms with Gasteiger partial charge >= 0.3 is 12.1 Å². The molecule has 1 rings (SSSR count). The molecular formula is C16H22N2O5. The van der Waals surface area contributed by atoms with E-state index in [-0.39, 0.29) is 13.0 Å². The number of nitrogens with two attached hydrogens (primary N) is 1. The Labute approximate surface area is 135 Å². The van der Waals surface area contributed by atoms with Gasteiger partial charge < -0.3 is 20.5 Å². The highest BCUT2D eigenvalue weighted by molar-refractivity contribution is 5.87. The number of amides is 2. The zero-order valence-electron chi connectivity index (χ0n) is 13.5. The highest BCUT2D eigenvalue weighted by atomic mass is 16.6. The third kappa shape index (κ3) is 7.85. The molecule has 0 radical (unpaired) electrons. The van der Waals surface area contributed by atoms with E-state index in [4.69, 9.17) is 15.2 Å². The SMILES string of the molecule is CC(C)(C)OC(=O)N[C@H](CC(N)=O)C(=O)OCc1ccccc1. The highest BCUT2D eigenvalue weighted by Gasteiger charge is 2.27. The maximum atomic E-state index is 12.1. The molecule has 126 valence electrons. The van der Waals surface area contributed by atoms with E-state index in [2.05, 4.69) is 5.32 Å². The van der Waals surface area contributed by atoms with Gasteiger partial charge in [-0.25, -0.2) is 9.59 Å². The minimum Gasteiger partial charge on any atom is -0.459 e. The number of benzene rings is 1. The van der Waals surface area contributed by atoms with Crippen LogP contribution < -0.4 is 11.1 Å². The molecule has 0 aliphatic heterocycles. The lowest BCUT2D eigenvalue weighted by Crippen LogP contribution is -2.46. The fraction of sp³-hybridized carbons (Fsp3) is 0.438. The number of primary amides is 1. The monoisotopic (exact) mass is 322 g/mol. The largest absolute Gasteiger partial charge is 0.459 e. The van der Waals surface area contributed by atoms with E-state index in [0.717, 1.165) is 5.56 Å². The molecule has 7 heteroatoms. The van der Waals surface area contributed by atoms with Crippen molar-refractivity contribution in [3.63, 3.8) is 0 Å². The number of rotatable bonds is 6. The molecule has 0 spiro atoms. The Kier molecular flexibility index (Phi) is 6.56. The molecule has 23 heavy (non-hydrogen) atoms. The first-order valence-corrected chi connectivity index (χ1v) is 7.16. The molecule has 7 nitrogen and oxygen atoms in total. The Bertz CT molecular complexity index is 551. The maximum Gasteiger partial charge on any atom is 0.408 e. The molecule has 1 aromatic carbocycles. The normalized spacial score (nSPS) is 12.1. The van der Waals surface area contributed by atoms with Crippen molar-refractivity contribution in [3.8, 4) is 0 Å². The molecule has 0 aliphatic rings. The van der Waals surface area contributed by atoms with Crippen LogP contribution in [0.2, 0.25) is 0 Å². The predicted molar refractivity (Wildman–Crippen MR) is 83.2 cm³/mol. The molecule has 0 saturated heterocycles. The molecule has 0 aliphatic carbocycles. The molecule has 2 amide bonds. The van der Waals surface area contributed by atoms with Crippen LogP contribution in [-0.2, 0) is 25.7 Å². The summed E-state index contributed by atoms with van der Waals surface area (Å²) in [5, 5.41) is 2.30. The molecule has 0 aromatic heterocycles. The Balaban J connectivity index is 2.63. The van der Waals surface area contributed by atoms with Gasteiger partial charge in [-0.05, 0) is 26.3 Å². The van der Waals surface area contributed by atoms with Crippen LogP contribution in [0, 0.1) is 0 Å². The number of nitrogens with one attached hydrogen (secondary N) is 1. The number of ether oxygens (including phenoxy) is 2. The lowest BCUT2D eigenvalue weighted by Gasteiger charge is -2.22. The topological polar surface area (TPSA) is 108 Å². The lowest BCUT2D eigenvalue weighted by molar-refractivity contribution is -0.148. The van der Waals surface area contributed by atoms with Crippen molar-refractivity contribution < 1.29 is 23.9 Å². The van der Waals surface area contributed by atoms with Crippen molar-refractivity contribution in [2.24, 2.45) is 5.73 Å². The molecule has 1 atom stereocenters. The quantitative estimate of drug-likeness (QED) is 0.772. The Morgan fingerprint density at radius 3 is 2.30 bits per heavy atom. The van der Waals surface area contributed by atoms with Crippen LogP contribution in [0.4, 0.5) is 4.79 Å². The average Bonchev–Trinajstić information content (AvgIpc) is 2.42. The molecule has 3 N–H and O–H groups in total. The number of hydrogen-bond donors (Lipinski definition) is 2. The van der Waals surface area contributed by atoms with Crippen molar-refractivity contribution in [3.05, 3.63) is 35.9 Å². The minimum atomic E-state index is -1.19. The van der Waals surface area contributed by atoms with Gasteiger partial charge in [0.1, 0.15) is 18.2 Å². The summed E-state index contributed by atoms with van der Waals surface area (Å²) in [7, 11) is 0. The van der Waals surface area contributed by atoms with Gasteiger partial charge in [-0.15, -0.1) is 0 Å². The van der Waals surface area contributed by atoms with Gasteiger partial charge in [-0.3, -0.25) is 4.79 Å². The number of carbonyl (C=O) groups is 3. The second-order valence-electron chi connectivity index (χ2n) is 5.96. The Morgan fingerprint density at radius 1 is 1.17 bits per heavy atom. The lowest BCUT2D eigenvalue weighted by atomic mass is 10.2. The van der Waals surface area contributed by atoms with Crippen LogP contribution in [0.5, 0.6) is 0 Å². The van der Waals surface area contributed by atoms with Crippen molar-refractivity contribution in [1.82, 2.24) is 5.32 Å².